The minimum absolute atomic E-state index is 0.0625. The summed E-state index contributed by atoms with van der Waals surface area (Å²) in [7, 11) is 0. The Morgan fingerprint density at radius 2 is 2.30 bits per heavy atom. The molecule has 20 heavy (non-hydrogen) atoms. The summed E-state index contributed by atoms with van der Waals surface area (Å²) in [6.45, 7) is 7.41. The topological polar surface area (TPSA) is 54.0 Å². The number of amides is 1. The zero-order chi connectivity index (χ0) is 14.6. The third-order valence-corrected chi connectivity index (χ3v) is 3.91. The largest absolute Gasteiger partial charge is 0.385 e. The van der Waals surface area contributed by atoms with E-state index >= 15 is 0 Å². The van der Waals surface area contributed by atoms with Gasteiger partial charge in [0.2, 0.25) is 0 Å². The van der Waals surface area contributed by atoms with Gasteiger partial charge < -0.3 is 10.6 Å². The van der Waals surface area contributed by atoms with E-state index < -0.39 is 0 Å². The van der Waals surface area contributed by atoms with Crippen LogP contribution in [0.5, 0.6) is 0 Å². The first kappa shape index (κ1) is 14.8. The van der Waals surface area contributed by atoms with E-state index in [-0.39, 0.29) is 11.9 Å². The van der Waals surface area contributed by atoms with Gasteiger partial charge >= 0.3 is 0 Å². The molecule has 2 rings (SSSR count). The van der Waals surface area contributed by atoms with Crippen molar-refractivity contribution in [2.45, 2.75) is 52.5 Å². The fourth-order valence-corrected chi connectivity index (χ4v) is 2.95. The maximum absolute atomic E-state index is 12.3. The standard InChI is InChI=1S/C16H25N3O/c1-4-17-12-7-9-18-14(10-12)15(20)19-13-6-5-8-16(2,3)11-13/h7,9-10,13H,4-6,8,11H2,1-3H3,(H,17,18)(H,19,20). The van der Waals surface area contributed by atoms with Crippen LogP contribution in [-0.2, 0) is 0 Å². The summed E-state index contributed by atoms with van der Waals surface area (Å²) in [6.07, 6.45) is 6.22. The van der Waals surface area contributed by atoms with Crippen molar-refractivity contribution in [3.63, 3.8) is 0 Å². The minimum Gasteiger partial charge on any atom is -0.385 e. The SMILES string of the molecule is CCNc1ccnc(C(=O)NC2CCCC(C)(C)C2)c1. The zero-order valence-corrected chi connectivity index (χ0v) is 12.7. The van der Waals surface area contributed by atoms with Crippen molar-refractivity contribution in [3.05, 3.63) is 24.0 Å². The molecule has 1 amide bonds. The molecule has 0 aliphatic heterocycles. The molecule has 1 heterocycles. The lowest BCUT2D eigenvalue weighted by Crippen LogP contribution is -2.40. The summed E-state index contributed by atoms with van der Waals surface area (Å²) >= 11 is 0. The van der Waals surface area contributed by atoms with Crippen molar-refractivity contribution in [3.8, 4) is 0 Å². The van der Waals surface area contributed by atoms with Gasteiger partial charge in [0.25, 0.3) is 5.91 Å². The Bertz CT molecular complexity index is 471. The molecule has 1 fully saturated rings. The van der Waals surface area contributed by atoms with E-state index in [0.717, 1.165) is 25.1 Å². The predicted octanol–water partition coefficient (Wildman–Crippen LogP) is 3.21. The molecule has 0 saturated heterocycles. The highest BCUT2D eigenvalue weighted by Crippen LogP contribution is 2.35. The van der Waals surface area contributed by atoms with E-state index in [1.165, 1.54) is 12.8 Å². The van der Waals surface area contributed by atoms with Crippen molar-refractivity contribution in [2.24, 2.45) is 5.41 Å². The molecular formula is C16H25N3O. The number of anilines is 1. The van der Waals surface area contributed by atoms with Gasteiger partial charge in [-0.25, -0.2) is 0 Å². The second-order valence-corrected chi connectivity index (χ2v) is 6.39. The molecule has 0 radical (unpaired) electrons. The van der Waals surface area contributed by atoms with Crippen molar-refractivity contribution in [2.75, 3.05) is 11.9 Å². The van der Waals surface area contributed by atoms with E-state index in [4.69, 9.17) is 0 Å². The predicted molar refractivity (Wildman–Crippen MR) is 81.9 cm³/mol. The molecule has 0 spiro atoms. The van der Waals surface area contributed by atoms with Gasteiger partial charge in [-0.3, -0.25) is 9.78 Å². The fraction of sp³-hybridized carbons (Fsp3) is 0.625. The summed E-state index contributed by atoms with van der Waals surface area (Å²) in [5.74, 6) is -0.0625. The molecule has 0 aromatic carbocycles. The van der Waals surface area contributed by atoms with Crippen molar-refractivity contribution >= 4 is 11.6 Å². The molecule has 4 heteroatoms. The van der Waals surface area contributed by atoms with Crippen LogP contribution >= 0.6 is 0 Å². The summed E-state index contributed by atoms with van der Waals surface area (Å²) < 4.78 is 0. The number of hydrogen-bond donors (Lipinski definition) is 2. The van der Waals surface area contributed by atoms with Crippen LogP contribution in [0, 0.1) is 5.41 Å². The molecule has 1 atom stereocenters. The Hall–Kier alpha value is -1.58. The molecular weight excluding hydrogens is 250 g/mol. The van der Waals surface area contributed by atoms with Gasteiger partial charge in [0.05, 0.1) is 0 Å². The van der Waals surface area contributed by atoms with E-state index in [2.05, 4.69) is 29.5 Å². The number of pyridine rings is 1. The van der Waals surface area contributed by atoms with Crippen LogP contribution in [0.25, 0.3) is 0 Å². The van der Waals surface area contributed by atoms with Crippen LogP contribution in [0.3, 0.4) is 0 Å². The Kier molecular flexibility index (Phi) is 4.63. The third-order valence-electron chi connectivity index (χ3n) is 3.91. The maximum Gasteiger partial charge on any atom is 0.270 e. The summed E-state index contributed by atoms with van der Waals surface area (Å²) in [6, 6.07) is 3.97. The maximum atomic E-state index is 12.3. The highest BCUT2D eigenvalue weighted by molar-refractivity contribution is 5.93. The molecule has 110 valence electrons. The lowest BCUT2D eigenvalue weighted by Gasteiger charge is -2.35. The number of carbonyl (C=O) groups excluding carboxylic acids is 1. The van der Waals surface area contributed by atoms with Crippen LogP contribution < -0.4 is 10.6 Å². The fourth-order valence-electron chi connectivity index (χ4n) is 2.95. The van der Waals surface area contributed by atoms with Gasteiger partial charge in [-0.1, -0.05) is 20.3 Å². The van der Waals surface area contributed by atoms with Gasteiger partial charge in [0.15, 0.2) is 0 Å². The van der Waals surface area contributed by atoms with Crippen LogP contribution in [-0.4, -0.2) is 23.5 Å². The number of hydrogen-bond acceptors (Lipinski definition) is 3. The molecule has 2 N–H and O–H groups in total. The summed E-state index contributed by atoms with van der Waals surface area (Å²) in [5.41, 5.74) is 1.76. The monoisotopic (exact) mass is 275 g/mol. The Morgan fingerprint density at radius 3 is 3.00 bits per heavy atom. The van der Waals surface area contributed by atoms with Gasteiger partial charge in [0.1, 0.15) is 5.69 Å². The molecule has 1 unspecified atom stereocenters. The van der Waals surface area contributed by atoms with Crippen LogP contribution in [0.4, 0.5) is 5.69 Å². The van der Waals surface area contributed by atoms with Gasteiger partial charge in [0, 0.05) is 24.5 Å². The van der Waals surface area contributed by atoms with Crippen molar-refractivity contribution in [1.29, 1.82) is 0 Å². The number of aromatic nitrogens is 1. The molecule has 1 saturated carbocycles. The van der Waals surface area contributed by atoms with Crippen molar-refractivity contribution < 1.29 is 4.79 Å². The van der Waals surface area contributed by atoms with Crippen LogP contribution in [0.2, 0.25) is 0 Å². The second-order valence-electron chi connectivity index (χ2n) is 6.39. The Balaban J connectivity index is 1.99. The molecule has 1 aliphatic rings. The summed E-state index contributed by atoms with van der Waals surface area (Å²) in [4.78, 5) is 16.5. The first-order valence-electron chi connectivity index (χ1n) is 7.51. The lowest BCUT2D eigenvalue weighted by atomic mass is 9.75. The lowest BCUT2D eigenvalue weighted by molar-refractivity contribution is 0.0897. The summed E-state index contributed by atoms with van der Waals surface area (Å²) in [5, 5.41) is 6.33. The molecule has 1 aliphatic carbocycles. The smallest absolute Gasteiger partial charge is 0.270 e. The van der Waals surface area contributed by atoms with Crippen molar-refractivity contribution in [1.82, 2.24) is 10.3 Å². The second kappa shape index (κ2) is 6.25. The van der Waals surface area contributed by atoms with Gasteiger partial charge in [-0.05, 0) is 43.7 Å². The minimum atomic E-state index is -0.0625. The number of nitrogens with one attached hydrogen (secondary N) is 2. The average Bonchev–Trinajstić information content (AvgIpc) is 2.38. The molecule has 1 aromatic heterocycles. The van der Waals surface area contributed by atoms with Gasteiger partial charge in [-0.15, -0.1) is 0 Å². The highest BCUT2D eigenvalue weighted by Gasteiger charge is 2.29. The quantitative estimate of drug-likeness (QED) is 0.887. The Labute approximate surface area is 121 Å². The zero-order valence-electron chi connectivity index (χ0n) is 12.7. The first-order chi connectivity index (χ1) is 9.50. The van der Waals surface area contributed by atoms with E-state index in [1.807, 2.05) is 19.1 Å². The van der Waals surface area contributed by atoms with E-state index in [1.54, 1.807) is 6.20 Å². The number of rotatable bonds is 4. The molecule has 0 bridgehead atoms. The first-order valence-corrected chi connectivity index (χ1v) is 7.51. The normalized spacial score (nSPS) is 21.2. The molecule has 4 nitrogen and oxygen atoms in total. The average molecular weight is 275 g/mol. The van der Waals surface area contributed by atoms with E-state index in [9.17, 15) is 4.79 Å². The third kappa shape index (κ3) is 3.95. The van der Waals surface area contributed by atoms with Crippen LogP contribution in [0.1, 0.15) is 56.9 Å². The highest BCUT2D eigenvalue weighted by atomic mass is 16.1. The number of carbonyl (C=O) groups is 1. The molecule has 1 aromatic rings. The number of nitrogens with zero attached hydrogens (tertiary/aromatic N) is 1. The Morgan fingerprint density at radius 1 is 1.50 bits per heavy atom. The van der Waals surface area contributed by atoms with Gasteiger partial charge in [-0.2, -0.15) is 0 Å². The van der Waals surface area contributed by atoms with E-state index in [0.29, 0.717) is 11.1 Å². The van der Waals surface area contributed by atoms with Crippen LogP contribution in [0.15, 0.2) is 18.3 Å².